The van der Waals surface area contributed by atoms with E-state index in [9.17, 15) is 28.8 Å². The Bertz CT molecular complexity index is 2620. The van der Waals surface area contributed by atoms with Crippen LogP contribution in [0.3, 0.4) is 0 Å². The van der Waals surface area contributed by atoms with Gasteiger partial charge in [0.15, 0.2) is 29.0 Å². The van der Waals surface area contributed by atoms with E-state index in [0.29, 0.717) is 28.9 Å². The molecule has 0 saturated carbocycles. The molecule has 6 heterocycles. The number of ketones is 3. The van der Waals surface area contributed by atoms with Crippen LogP contribution < -0.4 is 16.0 Å². The van der Waals surface area contributed by atoms with Gasteiger partial charge in [-0.1, -0.05) is 26.7 Å². The Kier molecular flexibility index (Phi) is 22.7. The third-order valence-electron chi connectivity index (χ3n) is 10.1. The Morgan fingerprint density at radius 2 is 1.13 bits per heavy atom. The van der Waals surface area contributed by atoms with Crippen LogP contribution >= 0.6 is 9.42 Å². The van der Waals surface area contributed by atoms with Gasteiger partial charge in [0.25, 0.3) is 17.7 Å². The van der Waals surface area contributed by atoms with Crippen LogP contribution in [0.1, 0.15) is 103 Å². The van der Waals surface area contributed by atoms with Gasteiger partial charge >= 0.3 is 28.2 Å². The predicted molar refractivity (Wildman–Crippen MR) is 253 cm³/mol. The van der Waals surface area contributed by atoms with Crippen LogP contribution in [0.4, 0.5) is 11.6 Å². The fourth-order valence-corrected chi connectivity index (χ4v) is 7.06. The van der Waals surface area contributed by atoms with Crippen molar-refractivity contribution < 1.29 is 47.5 Å². The summed E-state index contributed by atoms with van der Waals surface area (Å²) in [4.78, 5) is 91.1. The molecular formula is C44H60ClN15O6Pt-3. The van der Waals surface area contributed by atoms with Crippen molar-refractivity contribution >= 4 is 56.1 Å². The first-order valence-electron chi connectivity index (χ1n) is 20.7. The van der Waals surface area contributed by atoms with Crippen molar-refractivity contribution in [1.82, 2.24) is 47.7 Å². The van der Waals surface area contributed by atoms with Gasteiger partial charge in [-0.15, -0.1) is 0 Å². The summed E-state index contributed by atoms with van der Waals surface area (Å²) in [5.41, 5.74) is 11.0. The number of amides is 3. The third kappa shape index (κ3) is 15.4. The Morgan fingerprint density at radius 3 is 1.61 bits per heavy atom. The molecule has 0 fully saturated rings. The van der Waals surface area contributed by atoms with Gasteiger partial charge in [0.05, 0.1) is 11.4 Å². The number of nitrogens with zero attached hydrogens (tertiary/aromatic N) is 9. The third-order valence-corrected chi connectivity index (χ3v) is 10.1. The van der Waals surface area contributed by atoms with Gasteiger partial charge in [0.1, 0.15) is 5.78 Å². The number of Topliss-reactive ketones (excluding diaryl/α,β-unsaturated/α-hetero) is 3. The van der Waals surface area contributed by atoms with Crippen molar-refractivity contribution in [2.75, 3.05) is 23.7 Å². The molecule has 0 bridgehead atoms. The molecule has 0 spiro atoms. The molecule has 1 atom stereocenters. The van der Waals surface area contributed by atoms with E-state index in [2.05, 4.69) is 54.2 Å². The molecule has 1 unspecified atom stereocenters. The second kappa shape index (κ2) is 26.8. The zero-order valence-electron chi connectivity index (χ0n) is 38.9. The van der Waals surface area contributed by atoms with E-state index in [-0.39, 0.29) is 97.5 Å². The monoisotopic (exact) mass is 1120 g/mol. The topological polar surface area (TPSA) is 298 Å². The van der Waals surface area contributed by atoms with Gasteiger partial charge in [-0.2, -0.15) is 6.54 Å². The van der Waals surface area contributed by atoms with Crippen molar-refractivity contribution in [2.24, 2.45) is 48.2 Å². The van der Waals surface area contributed by atoms with Crippen LogP contribution in [-0.4, -0.2) is 90.5 Å². The number of hydrogen-bond donors (Lipinski definition) is 3. The zero-order chi connectivity index (χ0) is 48.0. The number of aryl methyl sites for hydroxylation is 6. The van der Waals surface area contributed by atoms with Crippen LogP contribution in [0.2, 0.25) is 0 Å². The minimum absolute atomic E-state index is 0. The fraction of sp³-hybridized carbons (Fsp3) is 0.386. The van der Waals surface area contributed by atoms with Crippen molar-refractivity contribution in [3.05, 3.63) is 131 Å². The summed E-state index contributed by atoms with van der Waals surface area (Å²) in [5.74, 6) is -2.04. The van der Waals surface area contributed by atoms with E-state index >= 15 is 0 Å². The van der Waals surface area contributed by atoms with Crippen LogP contribution in [0, 0.1) is 5.92 Å². The number of hydrogen-bond acceptors (Lipinski definition) is 9. The van der Waals surface area contributed by atoms with Gasteiger partial charge in [0.2, 0.25) is 11.6 Å². The number of nitrogens with two attached hydrogens (primary N) is 2. The van der Waals surface area contributed by atoms with E-state index in [0.717, 1.165) is 5.56 Å². The molecular weight excluding hydrogens is 1070 g/mol. The minimum Gasteiger partial charge on any atom is -0.693 e. The molecule has 6 aromatic rings. The van der Waals surface area contributed by atoms with E-state index in [4.69, 9.17) is 5.73 Å². The maximum Gasteiger partial charge on any atom is -0.693 e. The maximum atomic E-state index is 13.5. The van der Waals surface area contributed by atoms with Gasteiger partial charge in [-0.3, -0.25) is 28.8 Å². The van der Waals surface area contributed by atoms with Crippen LogP contribution in [0.25, 0.3) is 18.0 Å². The van der Waals surface area contributed by atoms with E-state index in [1.807, 2.05) is 30.1 Å². The first kappa shape index (κ1) is 56.9. The predicted octanol–water partition coefficient (Wildman–Crippen LogP) is 6.79. The van der Waals surface area contributed by atoms with Crippen molar-refractivity contribution in [1.29, 1.82) is 0 Å². The molecule has 0 radical (unpaired) electrons. The fourth-order valence-electron chi connectivity index (χ4n) is 7.06. The summed E-state index contributed by atoms with van der Waals surface area (Å²) >= 11 is 1.61. The molecule has 67 heavy (non-hydrogen) atoms. The first-order valence-corrected chi connectivity index (χ1v) is 23.5. The number of nitrogens with one attached hydrogen (secondary N) is 4. The molecule has 23 heteroatoms. The van der Waals surface area contributed by atoms with E-state index < -0.39 is 23.6 Å². The smallest absolute Gasteiger partial charge is 0.693 e. The molecule has 21 nitrogen and oxygen atoms in total. The normalized spacial score (nSPS) is 10.9. The van der Waals surface area contributed by atoms with Gasteiger partial charge < -0.3 is 61.4 Å². The SMILES string of the molecule is CCC.Cn1ccc(CC(=O)c2cc(CC(=O)c3cc(CC(=O)C(CC[NH-])CCNC(=O)c4nc(NC(=O)c5nc(NC(=O)c6nccn6C)cn5C)cn4C)cn3C)cn2C)c1.[Cl][Pt].[NH2-].[NH2-]. The Hall–Kier alpha value is -6.25. The average molecular weight is 1130 g/mol. The molecule has 0 saturated heterocycles. The number of imidazole rings is 3. The Balaban J connectivity index is 0.00000212. The van der Waals surface area contributed by atoms with Crippen molar-refractivity contribution in [3.8, 4) is 0 Å². The summed E-state index contributed by atoms with van der Waals surface area (Å²) < 4.78 is 9.75. The van der Waals surface area contributed by atoms with Crippen LogP contribution in [0.15, 0.2) is 67.8 Å². The Morgan fingerprint density at radius 1 is 0.642 bits per heavy atom. The second-order valence-electron chi connectivity index (χ2n) is 15.6. The molecule has 3 amide bonds. The first-order chi connectivity index (χ1) is 31.0. The molecule has 6 rings (SSSR count). The number of carbonyl (C=O) groups is 6. The quantitative estimate of drug-likeness (QED) is 0.0719. The van der Waals surface area contributed by atoms with Crippen LogP contribution in [-0.2, 0) is 85.1 Å². The number of aromatic nitrogens is 9. The number of rotatable bonds is 19. The molecule has 8 N–H and O–H groups in total. The van der Waals surface area contributed by atoms with Crippen LogP contribution in [0.5, 0.6) is 0 Å². The van der Waals surface area contributed by atoms with E-state index in [1.165, 1.54) is 34.1 Å². The van der Waals surface area contributed by atoms with Crippen molar-refractivity contribution in [3.63, 3.8) is 0 Å². The molecule has 0 aromatic carbocycles. The molecule has 0 aliphatic heterocycles. The minimum atomic E-state index is -0.621. The maximum absolute atomic E-state index is 13.5. The van der Waals surface area contributed by atoms with Gasteiger partial charge in [0, 0.05) is 124 Å². The number of halogens is 1. The van der Waals surface area contributed by atoms with Gasteiger partial charge in [-0.05, 0) is 41.3 Å². The number of carbonyl (C=O) groups excluding carboxylic acids is 6. The molecule has 367 valence electrons. The summed E-state index contributed by atoms with van der Waals surface area (Å²) in [6.07, 6.45) is 15.6. The Labute approximate surface area is 405 Å². The molecule has 0 aliphatic carbocycles. The summed E-state index contributed by atoms with van der Waals surface area (Å²) in [7, 11) is 14.9. The molecule has 0 aliphatic rings. The van der Waals surface area contributed by atoms with Gasteiger partial charge in [-0.25, -0.2) is 15.0 Å². The molecule has 6 aromatic heterocycles. The van der Waals surface area contributed by atoms with E-state index in [1.54, 1.807) is 98.4 Å². The standard InChI is InChI=1S/C41H48N13O6.C3H8.ClH.2H2N.Pt/c1-49-13-9-25(20-49)17-32(56)29-16-27(22-52(29)4)19-33(57)30-15-26(21-51(30)3)18-31(55)28(7-10-42)8-11-44-39(58)37-45-34(23-53(37)5)48-41(60)38-46-35(24-54(38)6)47-40(59)36-43-12-14-50(36)2;1-3-2;;;;/h9,12-16,20-24,28,42H,7-8,10-11,17-19H2,1-6H3,(H,44,58)(H,47,59)(H,48,60);3H2,1-2H3;1H;2*1H2;/q-1;;;2*-1;+1/p-1. The zero-order valence-corrected chi connectivity index (χ0v) is 41.9. The second-order valence-corrected chi connectivity index (χ2v) is 15.6. The van der Waals surface area contributed by atoms with Crippen molar-refractivity contribution in [2.45, 2.75) is 52.4 Å². The summed E-state index contributed by atoms with van der Waals surface area (Å²) in [5, 5.41) is 8.02. The largest absolute Gasteiger partial charge is 0.693 e. The summed E-state index contributed by atoms with van der Waals surface area (Å²) in [6.45, 7) is 4.40. The number of anilines is 2. The average Bonchev–Trinajstić information content (AvgIpc) is 4.13. The summed E-state index contributed by atoms with van der Waals surface area (Å²) in [6, 6.07) is 5.36.